The van der Waals surface area contributed by atoms with Crippen molar-refractivity contribution >= 4 is 23.4 Å². The number of hydrogen-bond donors (Lipinski definition) is 2. The van der Waals surface area contributed by atoms with Gasteiger partial charge in [-0.05, 0) is 24.5 Å². The molecule has 1 spiro atoms. The molecular formula is C25H34ClF3N4O2. The van der Waals surface area contributed by atoms with E-state index in [0.29, 0.717) is 6.54 Å². The first-order chi connectivity index (χ1) is 16.7. The molecule has 10 heteroatoms. The second-order valence-corrected chi connectivity index (χ2v) is 10.5. The van der Waals surface area contributed by atoms with E-state index in [1.54, 1.807) is 6.07 Å². The molecular weight excluding hydrogens is 481 g/mol. The number of piperazine rings is 1. The van der Waals surface area contributed by atoms with Crippen molar-refractivity contribution in [1.29, 1.82) is 0 Å². The van der Waals surface area contributed by atoms with E-state index < -0.39 is 22.7 Å². The molecule has 1 saturated carbocycles. The highest BCUT2D eigenvalue weighted by atomic mass is 35.5. The van der Waals surface area contributed by atoms with E-state index in [2.05, 4.69) is 10.9 Å². The first-order valence-corrected chi connectivity index (χ1v) is 13.0. The molecule has 1 aromatic rings. The Bertz CT molecular complexity index is 903. The minimum Gasteiger partial charge on any atom is -0.336 e. The number of benzene rings is 1. The van der Waals surface area contributed by atoms with Gasteiger partial charge in [0, 0.05) is 19.6 Å². The molecule has 0 aromatic heterocycles. The minimum absolute atomic E-state index is 0.0266. The minimum atomic E-state index is -4.48. The molecule has 3 fully saturated rings. The van der Waals surface area contributed by atoms with Crippen molar-refractivity contribution in [3.63, 3.8) is 0 Å². The Kier molecular flexibility index (Phi) is 8.28. The Hall–Kier alpha value is -1.84. The van der Waals surface area contributed by atoms with Crippen LogP contribution in [-0.2, 0) is 22.3 Å². The topological polar surface area (TPSA) is 64.7 Å². The molecule has 2 aliphatic heterocycles. The monoisotopic (exact) mass is 514 g/mol. The van der Waals surface area contributed by atoms with Crippen LogP contribution < -0.4 is 10.9 Å². The largest absolute Gasteiger partial charge is 0.416 e. The summed E-state index contributed by atoms with van der Waals surface area (Å²) < 4.78 is 40.3. The number of alkyl halides is 4. The van der Waals surface area contributed by atoms with Gasteiger partial charge in [-0.25, -0.2) is 5.43 Å². The number of carbonyl (C=O) groups excluding carboxylic acids is 2. The maximum Gasteiger partial charge on any atom is 0.416 e. The van der Waals surface area contributed by atoms with Gasteiger partial charge in [0.25, 0.3) is 5.91 Å². The maximum absolute atomic E-state index is 13.4. The molecule has 0 radical (unpaired) electrons. The van der Waals surface area contributed by atoms with Gasteiger partial charge in [0.2, 0.25) is 5.91 Å². The van der Waals surface area contributed by atoms with Crippen molar-refractivity contribution in [2.45, 2.75) is 87.5 Å². The summed E-state index contributed by atoms with van der Waals surface area (Å²) >= 11 is 6.70. The van der Waals surface area contributed by atoms with E-state index in [0.717, 1.165) is 44.6 Å². The number of amides is 2. The predicted octanol–water partition coefficient (Wildman–Crippen LogP) is 4.22. The third kappa shape index (κ3) is 5.94. The molecule has 35 heavy (non-hydrogen) atoms. The highest BCUT2D eigenvalue weighted by molar-refractivity contribution is 6.31. The fourth-order valence-electron chi connectivity index (χ4n) is 5.87. The van der Waals surface area contributed by atoms with Gasteiger partial charge in [-0.1, -0.05) is 63.1 Å². The van der Waals surface area contributed by atoms with Crippen LogP contribution in [-0.4, -0.2) is 58.2 Å². The van der Waals surface area contributed by atoms with Gasteiger partial charge < -0.3 is 4.90 Å². The lowest BCUT2D eigenvalue weighted by Crippen LogP contribution is -2.76. The van der Waals surface area contributed by atoms with E-state index in [9.17, 15) is 22.8 Å². The van der Waals surface area contributed by atoms with E-state index in [4.69, 9.17) is 11.6 Å². The molecule has 1 aliphatic carbocycles. The Morgan fingerprint density at radius 1 is 0.971 bits per heavy atom. The average Bonchev–Trinajstić information content (AvgIpc) is 2.82. The zero-order chi connectivity index (χ0) is 25.1. The number of carbonyl (C=O) groups is 2. The zero-order valence-electron chi connectivity index (χ0n) is 19.9. The van der Waals surface area contributed by atoms with Crippen molar-refractivity contribution < 1.29 is 22.8 Å². The second-order valence-electron chi connectivity index (χ2n) is 10.0. The predicted molar refractivity (Wildman–Crippen MR) is 127 cm³/mol. The number of hydrazine groups is 1. The molecule has 4 rings (SSSR count). The van der Waals surface area contributed by atoms with Crippen molar-refractivity contribution in [2.24, 2.45) is 0 Å². The maximum atomic E-state index is 13.4. The van der Waals surface area contributed by atoms with Crippen LogP contribution in [0.25, 0.3) is 0 Å². The summed E-state index contributed by atoms with van der Waals surface area (Å²) in [6.45, 7) is 0.660. The van der Waals surface area contributed by atoms with Gasteiger partial charge in [-0.3, -0.25) is 19.9 Å². The summed E-state index contributed by atoms with van der Waals surface area (Å²) in [6, 6.07) is 5.00. The first kappa shape index (κ1) is 26.2. The molecule has 2 saturated heterocycles. The number of hydrogen-bond acceptors (Lipinski definition) is 4. The van der Waals surface area contributed by atoms with Gasteiger partial charge in [-0.2, -0.15) is 13.2 Å². The molecule has 2 atom stereocenters. The molecule has 3 aliphatic rings. The van der Waals surface area contributed by atoms with Gasteiger partial charge in [0.15, 0.2) is 0 Å². The highest BCUT2D eigenvalue weighted by Crippen LogP contribution is 2.37. The highest BCUT2D eigenvalue weighted by Gasteiger charge is 2.52. The second kappa shape index (κ2) is 11.0. The summed E-state index contributed by atoms with van der Waals surface area (Å²) in [4.78, 5) is 29.1. The van der Waals surface area contributed by atoms with Crippen LogP contribution in [0.1, 0.15) is 68.9 Å². The van der Waals surface area contributed by atoms with E-state index in [1.165, 1.54) is 36.3 Å². The SMILES string of the molecule is O=C1NNC2(CCCCCCCCC2)C(N2CCN(Cc3ccccc3C(F)(F)F)C(=O)C2)C1Cl. The fourth-order valence-corrected chi connectivity index (χ4v) is 6.32. The Labute approximate surface area is 209 Å². The molecule has 0 bridgehead atoms. The fraction of sp³-hybridized carbons (Fsp3) is 0.680. The number of halogens is 4. The van der Waals surface area contributed by atoms with Gasteiger partial charge >= 0.3 is 6.18 Å². The van der Waals surface area contributed by atoms with Gasteiger partial charge in [0.1, 0.15) is 5.38 Å². The third-order valence-electron chi connectivity index (χ3n) is 7.70. The molecule has 2 N–H and O–H groups in total. The summed E-state index contributed by atoms with van der Waals surface area (Å²) in [5, 5.41) is -0.815. The molecule has 2 unspecified atom stereocenters. The quantitative estimate of drug-likeness (QED) is 0.593. The third-order valence-corrected chi connectivity index (χ3v) is 8.14. The Morgan fingerprint density at radius 3 is 2.23 bits per heavy atom. The number of nitrogens with zero attached hydrogens (tertiary/aromatic N) is 2. The molecule has 1 aromatic carbocycles. The molecule has 194 valence electrons. The van der Waals surface area contributed by atoms with Crippen LogP contribution in [0.15, 0.2) is 24.3 Å². The van der Waals surface area contributed by atoms with E-state index in [1.807, 2.05) is 4.90 Å². The standard InChI is InChI=1S/C25H34ClF3N4O2/c26-21-22(24(31-30-23(21)35)12-8-4-2-1-3-5-9-13-24)33-15-14-32(20(34)17-33)16-18-10-6-7-11-19(18)25(27,28)29/h6-7,10-11,21-22,31H,1-5,8-9,12-17H2,(H,30,35). The summed E-state index contributed by atoms with van der Waals surface area (Å²) in [7, 11) is 0. The lowest BCUT2D eigenvalue weighted by Gasteiger charge is -2.53. The van der Waals surface area contributed by atoms with Crippen LogP contribution in [0, 0.1) is 0 Å². The number of nitrogens with one attached hydrogen (secondary N) is 2. The lowest BCUT2D eigenvalue weighted by atomic mass is 9.76. The van der Waals surface area contributed by atoms with Crippen LogP contribution in [0.4, 0.5) is 13.2 Å². The summed E-state index contributed by atoms with van der Waals surface area (Å²) in [5.41, 5.74) is 4.99. The van der Waals surface area contributed by atoms with Gasteiger partial charge in [0.05, 0.1) is 23.7 Å². The van der Waals surface area contributed by atoms with Crippen molar-refractivity contribution in [1.82, 2.24) is 20.7 Å². The van der Waals surface area contributed by atoms with E-state index >= 15 is 0 Å². The molecule has 6 nitrogen and oxygen atoms in total. The Balaban J connectivity index is 1.51. The summed E-state index contributed by atoms with van der Waals surface area (Å²) in [6.07, 6.45) is 5.06. The Morgan fingerprint density at radius 2 is 1.60 bits per heavy atom. The smallest absolute Gasteiger partial charge is 0.336 e. The number of rotatable bonds is 3. The molecule has 2 heterocycles. The normalized spacial score (nSPS) is 27.0. The van der Waals surface area contributed by atoms with Crippen molar-refractivity contribution in [3.8, 4) is 0 Å². The van der Waals surface area contributed by atoms with Crippen LogP contribution in [0.2, 0.25) is 0 Å². The van der Waals surface area contributed by atoms with E-state index in [-0.39, 0.29) is 43.1 Å². The molecule has 2 amide bonds. The van der Waals surface area contributed by atoms with Crippen molar-refractivity contribution in [2.75, 3.05) is 19.6 Å². The van der Waals surface area contributed by atoms with Crippen LogP contribution >= 0.6 is 11.6 Å². The first-order valence-electron chi connectivity index (χ1n) is 12.6. The van der Waals surface area contributed by atoms with Crippen LogP contribution in [0.3, 0.4) is 0 Å². The zero-order valence-corrected chi connectivity index (χ0v) is 20.6. The van der Waals surface area contributed by atoms with Crippen molar-refractivity contribution in [3.05, 3.63) is 35.4 Å². The summed E-state index contributed by atoms with van der Waals surface area (Å²) in [5.74, 6) is -0.563. The van der Waals surface area contributed by atoms with Gasteiger partial charge in [-0.15, -0.1) is 11.6 Å². The van der Waals surface area contributed by atoms with Crippen LogP contribution in [0.5, 0.6) is 0 Å². The lowest BCUT2D eigenvalue weighted by molar-refractivity contribution is -0.144. The average molecular weight is 515 g/mol.